The zero-order chi connectivity index (χ0) is 24.3. The summed E-state index contributed by atoms with van der Waals surface area (Å²) in [6.07, 6.45) is -4.58. The Labute approximate surface area is 192 Å². The predicted molar refractivity (Wildman–Crippen MR) is 118 cm³/mol. The summed E-state index contributed by atoms with van der Waals surface area (Å²) in [5.74, 6) is -2.35. The van der Waals surface area contributed by atoms with Gasteiger partial charge >= 0.3 is 6.18 Å². The first-order valence-electron chi connectivity index (χ1n) is 9.91. The number of nitrogens with one attached hydrogen (secondary N) is 2. The number of hydrogen-bond acceptors (Lipinski definition) is 2. The van der Waals surface area contributed by atoms with Crippen LogP contribution in [0.2, 0.25) is 5.02 Å². The molecule has 0 heterocycles. The number of carbonyl (C=O) groups excluding carboxylic acids is 1. The number of rotatable bonds is 6. The van der Waals surface area contributed by atoms with E-state index >= 15 is 0 Å². The van der Waals surface area contributed by atoms with Crippen molar-refractivity contribution in [3.8, 4) is 11.1 Å². The highest BCUT2D eigenvalue weighted by molar-refractivity contribution is 6.31. The van der Waals surface area contributed by atoms with Gasteiger partial charge in [-0.05, 0) is 65.6 Å². The third kappa shape index (κ3) is 5.63. The van der Waals surface area contributed by atoms with Crippen molar-refractivity contribution >= 4 is 23.2 Å². The first-order valence-corrected chi connectivity index (χ1v) is 10.3. The van der Waals surface area contributed by atoms with Gasteiger partial charge in [0.05, 0.1) is 22.2 Å². The van der Waals surface area contributed by atoms with Crippen molar-refractivity contribution in [1.82, 2.24) is 5.32 Å². The van der Waals surface area contributed by atoms with Crippen molar-refractivity contribution in [2.24, 2.45) is 0 Å². The van der Waals surface area contributed by atoms with Crippen molar-refractivity contribution in [3.63, 3.8) is 0 Å². The van der Waals surface area contributed by atoms with Crippen LogP contribution in [0.15, 0.2) is 54.6 Å². The maximum absolute atomic E-state index is 14.0. The fraction of sp³-hybridized carbons (Fsp3) is 0.208. The molecule has 0 saturated carbocycles. The van der Waals surface area contributed by atoms with Gasteiger partial charge in [0.2, 0.25) is 5.91 Å². The van der Waals surface area contributed by atoms with Gasteiger partial charge in [0, 0.05) is 13.6 Å². The van der Waals surface area contributed by atoms with Crippen molar-refractivity contribution in [3.05, 3.63) is 87.9 Å². The molecule has 0 spiro atoms. The van der Waals surface area contributed by atoms with E-state index in [0.717, 1.165) is 18.2 Å². The molecule has 2 N–H and O–H groups in total. The zero-order valence-electron chi connectivity index (χ0n) is 17.7. The Balaban J connectivity index is 1.87. The van der Waals surface area contributed by atoms with E-state index in [9.17, 15) is 26.7 Å². The van der Waals surface area contributed by atoms with Crippen molar-refractivity contribution < 1.29 is 26.7 Å². The standard InChI is InChI=1S/C24H20ClF5N2O/c1-13(14-5-8-22(31-2)21(27)10-14)23(33)32-12-16-3-6-17(24(28,29)30)11-18(16)15-4-7-20(26)19(25)9-15/h3-11,13,31H,12H2,1-2H3,(H,32,33). The van der Waals surface area contributed by atoms with Crippen LogP contribution in [0.5, 0.6) is 0 Å². The predicted octanol–water partition coefficient (Wildman–Crippen LogP) is 6.77. The summed E-state index contributed by atoms with van der Waals surface area (Å²) in [5, 5.41) is 5.13. The number of carbonyl (C=O) groups is 1. The van der Waals surface area contributed by atoms with Gasteiger partial charge in [-0.25, -0.2) is 8.78 Å². The lowest BCUT2D eigenvalue weighted by Crippen LogP contribution is -2.28. The second-order valence-corrected chi connectivity index (χ2v) is 7.83. The molecule has 0 aliphatic heterocycles. The normalized spacial score (nSPS) is 12.4. The Morgan fingerprint density at radius 2 is 1.73 bits per heavy atom. The SMILES string of the molecule is CNc1ccc(C(C)C(=O)NCc2ccc(C(F)(F)F)cc2-c2ccc(F)c(Cl)c2)cc1F. The Kier molecular flexibility index (Phi) is 7.27. The second-order valence-electron chi connectivity index (χ2n) is 7.43. The average Bonchev–Trinajstić information content (AvgIpc) is 2.78. The minimum absolute atomic E-state index is 0.0945. The monoisotopic (exact) mass is 482 g/mol. The van der Waals surface area contributed by atoms with Gasteiger partial charge in [-0.15, -0.1) is 0 Å². The third-order valence-electron chi connectivity index (χ3n) is 5.28. The van der Waals surface area contributed by atoms with E-state index < -0.39 is 35.2 Å². The van der Waals surface area contributed by atoms with Crippen molar-refractivity contribution in [1.29, 1.82) is 0 Å². The van der Waals surface area contributed by atoms with Crippen LogP contribution in [-0.4, -0.2) is 13.0 Å². The topological polar surface area (TPSA) is 41.1 Å². The fourth-order valence-electron chi connectivity index (χ4n) is 3.33. The minimum atomic E-state index is -4.58. The Morgan fingerprint density at radius 1 is 1.00 bits per heavy atom. The molecule has 0 bridgehead atoms. The summed E-state index contributed by atoms with van der Waals surface area (Å²) in [5.41, 5.74) is 0.656. The van der Waals surface area contributed by atoms with E-state index in [2.05, 4.69) is 10.6 Å². The summed E-state index contributed by atoms with van der Waals surface area (Å²) in [4.78, 5) is 12.7. The molecule has 3 rings (SSSR count). The molecule has 1 atom stereocenters. The number of benzene rings is 3. The summed E-state index contributed by atoms with van der Waals surface area (Å²) < 4.78 is 67.4. The van der Waals surface area contributed by atoms with Crippen LogP contribution in [0.1, 0.15) is 29.5 Å². The number of halogens is 6. The third-order valence-corrected chi connectivity index (χ3v) is 5.57. The van der Waals surface area contributed by atoms with E-state index in [1.165, 1.54) is 30.3 Å². The van der Waals surface area contributed by atoms with E-state index in [-0.39, 0.29) is 22.7 Å². The average molecular weight is 483 g/mol. The van der Waals surface area contributed by atoms with Crippen LogP contribution in [-0.2, 0) is 17.5 Å². The lowest BCUT2D eigenvalue weighted by Gasteiger charge is -2.17. The van der Waals surface area contributed by atoms with Gasteiger partial charge in [0.25, 0.3) is 0 Å². The van der Waals surface area contributed by atoms with Crippen LogP contribution < -0.4 is 10.6 Å². The maximum Gasteiger partial charge on any atom is 0.416 e. The lowest BCUT2D eigenvalue weighted by atomic mass is 9.96. The number of amides is 1. The maximum atomic E-state index is 14.0. The molecule has 3 nitrogen and oxygen atoms in total. The molecule has 1 amide bonds. The lowest BCUT2D eigenvalue weighted by molar-refractivity contribution is -0.137. The Morgan fingerprint density at radius 3 is 2.33 bits per heavy atom. The largest absolute Gasteiger partial charge is 0.416 e. The van der Waals surface area contributed by atoms with Crippen LogP contribution in [0.4, 0.5) is 27.6 Å². The summed E-state index contributed by atoms with van der Waals surface area (Å²) >= 11 is 5.81. The van der Waals surface area contributed by atoms with Gasteiger partial charge in [-0.3, -0.25) is 4.79 Å². The smallest absolute Gasteiger partial charge is 0.386 e. The first kappa shape index (κ1) is 24.5. The van der Waals surface area contributed by atoms with Crippen LogP contribution in [0, 0.1) is 11.6 Å². The van der Waals surface area contributed by atoms with Gasteiger partial charge in [-0.2, -0.15) is 13.2 Å². The van der Waals surface area contributed by atoms with Crippen molar-refractivity contribution in [2.45, 2.75) is 25.6 Å². The minimum Gasteiger partial charge on any atom is -0.386 e. The molecule has 3 aromatic rings. The second kappa shape index (κ2) is 9.79. The van der Waals surface area contributed by atoms with E-state index in [1.807, 2.05) is 0 Å². The molecular formula is C24H20ClF5N2O. The Hall–Kier alpha value is -3.13. The zero-order valence-corrected chi connectivity index (χ0v) is 18.4. The first-order chi connectivity index (χ1) is 15.5. The van der Waals surface area contributed by atoms with Gasteiger partial charge in [0.1, 0.15) is 11.6 Å². The van der Waals surface area contributed by atoms with Gasteiger partial charge in [0.15, 0.2) is 0 Å². The number of alkyl halides is 3. The van der Waals surface area contributed by atoms with E-state index in [1.54, 1.807) is 20.0 Å². The molecule has 3 aromatic carbocycles. The molecule has 0 aliphatic rings. The molecule has 0 saturated heterocycles. The molecule has 9 heteroatoms. The molecule has 33 heavy (non-hydrogen) atoms. The fourth-order valence-corrected chi connectivity index (χ4v) is 3.51. The van der Waals surface area contributed by atoms with Crippen LogP contribution >= 0.6 is 11.6 Å². The summed E-state index contributed by atoms with van der Waals surface area (Å²) in [7, 11) is 1.57. The van der Waals surface area contributed by atoms with Gasteiger partial charge in [-0.1, -0.05) is 29.8 Å². The highest BCUT2D eigenvalue weighted by Gasteiger charge is 2.31. The summed E-state index contributed by atoms with van der Waals surface area (Å²) in [6.45, 7) is 1.50. The quantitative estimate of drug-likeness (QED) is 0.381. The Bertz CT molecular complexity index is 1180. The van der Waals surface area contributed by atoms with Crippen molar-refractivity contribution in [2.75, 3.05) is 12.4 Å². The molecule has 0 aromatic heterocycles. The molecule has 0 fully saturated rings. The molecular weight excluding hydrogens is 463 g/mol. The van der Waals surface area contributed by atoms with Gasteiger partial charge < -0.3 is 10.6 Å². The van der Waals surface area contributed by atoms with E-state index in [0.29, 0.717) is 16.8 Å². The highest BCUT2D eigenvalue weighted by Crippen LogP contribution is 2.35. The molecule has 174 valence electrons. The number of anilines is 1. The van der Waals surface area contributed by atoms with Crippen LogP contribution in [0.25, 0.3) is 11.1 Å². The molecule has 1 unspecified atom stereocenters. The molecule has 0 aliphatic carbocycles. The number of hydrogen-bond donors (Lipinski definition) is 2. The van der Waals surface area contributed by atoms with E-state index in [4.69, 9.17) is 11.6 Å². The van der Waals surface area contributed by atoms with Crippen LogP contribution in [0.3, 0.4) is 0 Å². The highest BCUT2D eigenvalue weighted by atomic mass is 35.5. The molecule has 0 radical (unpaired) electrons. The summed E-state index contributed by atoms with van der Waals surface area (Å²) in [6, 6.07) is 11.1.